The van der Waals surface area contributed by atoms with E-state index in [1.807, 2.05) is 26.8 Å². The van der Waals surface area contributed by atoms with Gasteiger partial charge < -0.3 is 0 Å². The molecule has 0 heteroatoms. The summed E-state index contributed by atoms with van der Waals surface area (Å²) in [5.74, 6) is 0. The van der Waals surface area contributed by atoms with E-state index >= 15 is 0 Å². The van der Waals surface area contributed by atoms with Crippen LogP contribution in [0, 0.1) is 0 Å². The molecule has 0 unspecified atom stereocenters. The van der Waals surface area contributed by atoms with Gasteiger partial charge in [0.25, 0.3) is 0 Å². The van der Waals surface area contributed by atoms with E-state index in [0.29, 0.717) is 0 Å². The normalized spacial score (nSPS) is 9.83. The van der Waals surface area contributed by atoms with Gasteiger partial charge in [-0.15, -0.1) is 6.58 Å². The molecule has 0 fully saturated rings. The van der Waals surface area contributed by atoms with Crippen LogP contribution in [0.2, 0.25) is 0 Å². The van der Waals surface area contributed by atoms with Crippen LogP contribution in [0.4, 0.5) is 0 Å². The Kier molecular flexibility index (Phi) is 26.2. The number of allylic oxidation sites excluding steroid dienone is 7. The molecule has 0 bridgehead atoms. The lowest BCUT2D eigenvalue weighted by Gasteiger charge is -1.97. The third kappa shape index (κ3) is 24.3. The first-order valence-corrected chi connectivity index (χ1v) is 7.17. The van der Waals surface area contributed by atoms with Gasteiger partial charge >= 0.3 is 0 Å². The van der Waals surface area contributed by atoms with Crippen LogP contribution in [-0.2, 0) is 0 Å². The minimum absolute atomic E-state index is 1.01. The van der Waals surface area contributed by atoms with Gasteiger partial charge in [-0.3, -0.25) is 0 Å². The van der Waals surface area contributed by atoms with Crippen molar-refractivity contribution < 1.29 is 0 Å². The molecule has 0 rings (SSSR count). The van der Waals surface area contributed by atoms with Crippen LogP contribution in [-0.4, -0.2) is 0 Å². The minimum atomic E-state index is 1.01. The van der Waals surface area contributed by atoms with E-state index in [9.17, 15) is 0 Å². The van der Waals surface area contributed by atoms with Crippen molar-refractivity contribution in [3.8, 4) is 0 Å². The molecule has 0 atom stereocenters. The van der Waals surface area contributed by atoms with Crippen LogP contribution < -0.4 is 0 Å². The van der Waals surface area contributed by atoms with Crippen molar-refractivity contribution in [2.24, 2.45) is 0 Å². The zero-order valence-electron chi connectivity index (χ0n) is 13.7. The Hall–Kier alpha value is -1.04. The van der Waals surface area contributed by atoms with E-state index < -0.39 is 0 Å². The van der Waals surface area contributed by atoms with Gasteiger partial charge in [-0.25, -0.2) is 0 Å². The van der Waals surface area contributed by atoms with Crippen LogP contribution in [0.3, 0.4) is 0 Å². The largest absolute Gasteiger partial charge is 0.103 e. The SMILES string of the molecule is C/C=C/CC.C=CC/C(=C/C=C(C)C)CC.CC. The summed E-state index contributed by atoms with van der Waals surface area (Å²) in [7, 11) is 0. The molecule has 0 aromatic carbocycles. The molecule has 0 heterocycles. The zero-order valence-corrected chi connectivity index (χ0v) is 13.7. The van der Waals surface area contributed by atoms with Gasteiger partial charge in [0.2, 0.25) is 0 Å². The smallest absolute Gasteiger partial charge is 0.0138 e. The van der Waals surface area contributed by atoms with Crippen molar-refractivity contribution >= 4 is 0 Å². The minimum Gasteiger partial charge on any atom is -0.103 e. The van der Waals surface area contributed by atoms with Crippen LogP contribution >= 0.6 is 0 Å². The first-order chi connectivity index (χ1) is 8.62. The highest BCUT2D eigenvalue weighted by atomic mass is 13.9. The van der Waals surface area contributed by atoms with Crippen LogP contribution in [0.15, 0.2) is 48.1 Å². The Labute approximate surface area is 116 Å². The van der Waals surface area contributed by atoms with E-state index in [1.54, 1.807) is 0 Å². The summed E-state index contributed by atoms with van der Waals surface area (Å²) in [5, 5.41) is 0. The zero-order chi connectivity index (χ0) is 14.8. The maximum atomic E-state index is 3.71. The van der Waals surface area contributed by atoms with Gasteiger partial charge in [-0.2, -0.15) is 0 Å². The molecular weight excluding hydrogens is 216 g/mol. The third-order valence-corrected chi connectivity index (χ3v) is 1.98. The maximum absolute atomic E-state index is 3.71. The van der Waals surface area contributed by atoms with Crippen molar-refractivity contribution in [1.29, 1.82) is 0 Å². The standard InChI is InChI=1S/C11H18.C5H10.C2H6/c1-5-7-11(6-2)9-8-10(3)4;1-3-5-4-2;1-2/h5,8-9H,1,6-7H2,2-4H3;3,5H,4H2,1-2H3;1-2H3/b11-9+;5-3+;. The summed E-state index contributed by atoms with van der Waals surface area (Å²) < 4.78 is 0. The van der Waals surface area contributed by atoms with Gasteiger partial charge in [0.1, 0.15) is 0 Å². The summed E-state index contributed by atoms with van der Waals surface area (Å²) >= 11 is 0. The molecule has 0 nitrogen and oxygen atoms in total. The second-order valence-electron chi connectivity index (χ2n) is 3.89. The van der Waals surface area contributed by atoms with Gasteiger partial charge in [0, 0.05) is 0 Å². The molecule has 0 radical (unpaired) electrons. The fourth-order valence-electron chi connectivity index (χ4n) is 1.04. The fourth-order valence-corrected chi connectivity index (χ4v) is 1.04. The molecule has 0 N–H and O–H groups in total. The topological polar surface area (TPSA) is 0 Å². The van der Waals surface area contributed by atoms with Crippen LogP contribution in [0.5, 0.6) is 0 Å². The second kappa shape index (κ2) is 21.3. The molecule has 0 aliphatic heterocycles. The monoisotopic (exact) mass is 250 g/mol. The summed E-state index contributed by atoms with van der Waals surface area (Å²) in [6.45, 7) is 18.3. The molecule has 18 heavy (non-hydrogen) atoms. The summed E-state index contributed by atoms with van der Waals surface area (Å²) in [6.07, 6.45) is 13.8. The molecular formula is C18H34. The highest BCUT2D eigenvalue weighted by Gasteiger charge is 1.87. The highest BCUT2D eigenvalue weighted by Crippen LogP contribution is 2.07. The lowest BCUT2D eigenvalue weighted by Crippen LogP contribution is -1.76. The van der Waals surface area contributed by atoms with Crippen molar-refractivity contribution in [2.75, 3.05) is 0 Å². The van der Waals surface area contributed by atoms with Gasteiger partial charge in [-0.1, -0.05) is 69.2 Å². The van der Waals surface area contributed by atoms with Crippen molar-refractivity contribution in [3.63, 3.8) is 0 Å². The molecule has 0 amide bonds. The van der Waals surface area contributed by atoms with E-state index in [1.165, 1.54) is 11.1 Å². The lowest BCUT2D eigenvalue weighted by molar-refractivity contribution is 1.03. The summed E-state index contributed by atoms with van der Waals surface area (Å²) in [5.41, 5.74) is 2.79. The molecule has 0 spiro atoms. The van der Waals surface area contributed by atoms with E-state index in [-0.39, 0.29) is 0 Å². The molecule has 0 saturated heterocycles. The third-order valence-electron chi connectivity index (χ3n) is 1.98. The van der Waals surface area contributed by atoms with Gasteiger partial charge in [0.05, 0.1) is 0 Å². The predicted octanol–water partition coefficient (Wildman–Crippen LogP) is 6.86. The van der Waals surface area contributed by atoms with E-state index in [0.717, 1.165) is 19.3 Å². The lowest BCUT2D eigenvalue weighted by atomic mass is 10.1. The first-order valence-electron chi connectivity index (χ1n) is 7.17. The molecule has 0 saturated carbocycles. The van der Waals surface area contributed by atoms with E-state index in [2.05, 4.69) is 58.6 Å². The first kappa shape index (κ1) is 22.2. The highest BCUT2D eigenvalue weighted by molar-refractivity contribution is 5.17. The summed E-state index contributed by atoms with van der Waals surface area (Å²) in [6, 6.07) is 0. The Morgan fingerprint density at radius 3 is 1.83 bits per heavy atom. The van der Waals surface area contributed by atoms with Crippen LogP contribution in [0.1, 0.15) is 67.7 Å². The molecule has 0 aromatic rings. The fraction of sp³-hybridized carbons (Fsp3) is 0.556. The van der Waals surface area contributed by atoms with Gasteiger partial charge in [-0.05, 0) is 40.0 Å². The second-order valence-corrected chi connectivity index (χ2v) is 3.89. The average Bonchev–Trinajstić information content (AvgIpc) is 2.38. The molecule has 0 aliphatic rings. The Morgan fingerprint density at radius 2 is 1.61 bits per heavy atom. The maximum Gasteiger partial charge on any atom is -0.0138 e. The number of rotatable bonds is 5. The van der Waals surface area contributed by atoms with E-state index in [4.69, 9.17) is 0 Å². The van der Waals surface area contributed by atoms with Crippen molar-refractivity contribution in [3.05, 3.63) is 48.1 Å². The number of hydrogen-bond donors (Lipinski definition) is 0. The quantitative estimate of drug-likeness (QED) is 0.369. The molecule has 106 valence electrons. The summed E-state index contributed by atoms with van der Waals surface area (Å²) in [4.78, 5) is 0. The molecule has 0 aromatic heterocycles. The number of hydrogen-bond acceptors (Lipinski definition) is 0. The van der Waals surface area contributed by atoms with Crippen molar-refractivity contribution in [2.45, 2.75) is 67.7 Å². The average molecular weight is 250 g/mol. The van der Waals surface area contributed by atoms with Crippen LogP contribution in [0.25, 0.3) is 0 Å². The Morgan fingerprint density at radius 1 is 1.06 bits per heavy atom. The van der Waals surface area contributed by atoms with Gasteiger partial charge in [0.15, 0.2) is 0 Å². The Bertz CT molecular complexity index is 235. The predicted molar refractivity (Wildman–Crippen MR) is 89.1 cm³/mol. The molecule has 0 aliphatic carbocycles. The van der Waals surface area contributed by atoms with Crippen molar-refractivity contribution in [1.82, 2.24) is 0 Å². The Balaban J connectivity index is -0.000000270.